The first-order valence-corrected chi connectivity index (χ1v) is 11.8. The maximum atomic E-state index is 13.0. The van der Waals surface area contributed by atoms with Gasteiger partial charge in [0, 0.05) is 31.1 Å². The molecule has 0 unspecified atom stereocenters. The zero-order chi connectivity index (χ0) is 22.8. The predicted molar refractivity (Wildman–Crippen MR) is 121 cm³/mol. The largest absolute Gasteiger partial charge is 0.460 e. The first-order valence-electron chi connectivity index (χ1n) is 9.12. The summed E-state index contributed by atoms with van der Waals surface area (Å²) in [6.45, 7) is 0.0563. The van der Waals surface area contributed by atoms with E-state index in [9.17, 15) is 13.2 Å². The van der Waals surface area contributed by atoms with E-state index < -0.39 is 10.0 Å². The molecule has 1 aliphatic heterocycles. The van der Waals surface area contributed by atoms with E-state index in [0.29, 0.717) is 33.0 Å². The van der Waals surface area contributed by atoms with Crippen LogP contribution < -0.4 is 4.90 Å². The van der Waals surface area contributed by atoms with Crippen molar-refractivity contribution in [2.45, 2.75) is 13.0 Å². The number of nitrogens with zero attached hydrogens (tertiary/aromatic N) is 4. The number of carbonyl (C=O) groups is 1. The average molecular weight is 479 g/mol. The van der Waals surface area contributed by atoms with Gasteiger partial charge in [-0.3, -0.25) is 9.69 Å². The molecule has 1 fully saturated rings. The van der Waals surface area contributed by atoms with Gasteiger partial charge in [0.2, 0.25) is 10.0 Å². The summed E-state index contributed by atoms with van der Waals surface area (Å²) >= 11 is 11.3. The van der Waals surface area contributed by atoms with Crippen LogP contribution in [-0.2, 0) is 21.4 Å². The van der Waals surface area contributed by atoms with E-state index in [0.717, 1.165) is 10.6 Å². The topological polar surface area (TPSA) is 97.9 Å². The number of sulfonamides is 1. The number of likely N-dealkylation sites (N-methyl/N-ethyl adjacent to an activating group) is 1. The van der Waals surface area contributed by atoms with Crippen molar-refractivity contribution in [2.75, 3.05) is 24.7 Å². The molecule has 0 atom stereocenters. The van der Waals surface area contributed by atoms with E-state index in [-0.39, 0.29) is 25.4 Å². The number of amides is 1. The number of thiocarbonyl (C=S) groups is 1. The quantitative estimate of drug-likeness (QED) is 0.445. The van der Waals surface area contributed by atoms with Crippen molar-refractivity contribution in [3.63, 3.8) is 0 Å². The molecule has 1 amide bonds. The zero-order valence-electron chi connectivity index (χ0n) is 16.8. The second-order valence-electron chi connectivity index (χ2n) is 6.80. The van der Waals surface area contributed by atoms with Crippen molar-refractivity contribution in [2.24, 2.45) is 0 Å². The van der Waals surface area contributed by atoms with Crippen LogP contribution in [0.3, 0.4) is 0 Å². The number of furan rings is 1. The van der Waals surface area contributed by atoms with Gasteiger partial charge in [0.15, 0.2) is 5.11 Å². The molecule has 0 saturated carbocycles. The number of halogens is 1. The second kappa shape index (κ2) is 9.20. The van der Waals surface area contributed by atoms with E-state index in [4.69, 9.17) is 33.5 Å². The fraction of sp³-hybridized carbons (Fsp3) is 0.250. The third-order valence-corrected chi connectivity index (χ3v) is 6.54. The van der Waals surface area contributed by atoms with Crippen LogP contribution in [0, 0.1) is 11.3 Å². The van der Waals surface area contributed by atoms with E-state index in [1.165, 1.54) is 4.90 Å². The smallest absolute Gasteiger partial charge is 0.281 e. The van der Waals surface area contributed by atoms with Crippen LogP contribution in [0.5, 0.6) is 0 Å². The molecule has 162 valence electrons. The number of hydrogen-bond acceptors (Lipinski definition) is 6. The van der Waals surface area contributed by atoms with E-state index in [1.807, 2.05) is 6.07 Å². The Balaban J connectivity index is 1.83. The molecule has 0 aliphatic carbocycles. The Morgan fingerprint density at radius 2 is 1.94 bits per heavy atom. The minimum Gasteiger partial charge on any atom is -0.460 e. The minimum atomic E-state index is -3.50. The Morgan fingerprint density at radius 3 is 2.55 bits per heavy atom. The molecule has 1 aromatic carbocycles. The zero-order valence-corrected chi connectivity index (χ0v) is 19.2. The molecule has 0 spiro atoms. The second-order valence-corrected chi connectivity index (χ2v) is 9.58. The summed E-state index contributed by atoms with van der Waals surface area (Å²) in [6, 6.07) is 12.0. The van der Waals surface area contributed by atoms with Crippen LogP contribution in [0.4, 0.5) is 5.69 Å². The maximum absolute atomic E-state index is 13.0. The van der Waals surface area contributed by atoms with Crippen molar-refractivity contribution in [1.82, 2.24) is 9.21 Å². The van der Waals surface area contributed by atoms with Gasteiger partial charge in [0.1, 0.15) is 17.2 Å². The number of rotatable bonds is 7. The van der Waals surface area contributed by atoms with Gasteiger partial charge in [-0.05, 0) is 48.6 Å². The summed E-state index contributed by atoms with van der Waals surface area (Å²) < 4.78 is 30.7. The van der Waals surface area contributed by atoms with Gasteiger partial charge in [-0.1, -0.05) is 11.6 Å². The first-order chi connectivity index (χ1) is 14.6. The summed E-state index contributed by atoms with van der Waals surface area (Å²) in [7, 11) is -1.82. The Kier molecular flexibility index (Phi) is 6.81. The SMILES string of the molecule is CN1C(=S)N(c2ccc(Cl)cc2)C(=O)C1=Cc1ccc(CN(CCC#N)S(C)(=O)=O)o1. The predicted octanol–water partition coefficient (Wildman–Crippen LogP) is 3.21. The Hall–Kier alpha value is -2.71. The lowest BCUT2D eigenvalue weighted by Gasteiger charge is -2.16. The van der Waals surface area contributed by atoms with Crippen molar-refractivity contribution >= 4 is 56.6 Å². The summed E-state index contributed by atoms with van der Waals surface area (Å²) in [5.74, 6) is 0.444. The lowest BCUT2D eigenvalue weighted by atomic mass is 10.2. The number of nitriles is 1. The van der Waals surface area contributed by atoms with Gasteiger partial charge < -0.3 is 9.32 Å². The van der Waals surface area contributed by atoms with Crippen molar-refractivity contribution in [3.05, 3.63) is 58.6 Å². The normalized spacial score (nSPS) is 15.9. The lowest BCUT2D eigenvalue weighted by molar-refractivity contribution is -0.114. The van der Waals surface area contributed by atoms with Crippen molar-refractivity contribution < 1.29 is 17.6 Å². The van der Waals surface area contributed by atoms with Gasteiger partial charge >= 0.3 is 0 Å². The summed E-state index contributed by atoms with van der Waals surface area (Å²) in [4.78, 5) is 16.0. The number of carbonyl (C=O) groups excluding carboxylic acids is 1. The number of anilines is 1. The molecule has 3 rings (SSSR count). The highest BCUT2D eigenvalue weighted by molar-refractivity contribution is 7.88. The van der Waals surface area contributed by atoms with Crippen LogP contribution in [-0.4, -0.2) is 48.5 Å². The maximum Gasteiger partial charge on any atom is 0.281 e. The van der Waals surface area contributed by atoms with Gasteiger partial charge in [-0.2, -0.15) is 9.57 Å². The highest BCUT2D eigenvalue weighted by Gasteiger charge is 2.37. The van der Waals surface area contributed by atoms with Gasteiger partial charge in [0.25, 0.3) is 5.91 Å². The van der Waals surface area contributed by atoms with E-state index in [1.54, 1.807) is 54.4 Å². The van der Waals surface area contributed by atoms with Crippen LogP contribution in [0.25, 0.3) is 6.08 Å². The molecule has 1 saturated heterocycles. The summed E-state index contributed by atoms with van der Waals surface area (Å²) in [5.41, 5.74) is 0.904. The standard InChI is InChI=1S/C20H19ClN4O4S2/c1-23-18(19(26)25(20(23)30)15-6-4-14(21)5-7-15)12-16-8-9-17(29-16)13-24(11-3-10-22)31(2,27)28/h4-9,12H,3,11,13H2,1-2H3. The molecule has 11 heteroatoms. The Morgan fingerprint density at radius 1 is 1.26 bits per heavy atom. The monoisotopic (exact) mass is 478 g/mol. The molecule has 31 heavy (non-hydrogen) atoms. The molecule has 2 heterocycles. The van der Waals surface area contributed by atoms with Crippen LogP contribution in [0.2, 0.25) is 5.02 Å². The van der Waals surface area contributed by atoms with E-state index in [2.05, 4.69) is 0 Å². The van der Waals surface area contributed by atoms with Crippen LogP contribution >= 0.6 is 23.8 Å². The molecule has 1 aromatic heterocycles. The molecule has 0 radical (unpaired) electrons. The fourth-order valence-electron chi connectivity index (χ4n) is 2.98. The number of benzene rings is 1. The van der Waals surface area contributed by atoms with E-state index >= 15 is 0 Å². The molecular formula is C20H19ClN4O4S2. The molecule has 0 N–H and O–H groups in total. The summed E-state index contributed by atoms with van der Waals surface area (Å²) in [5, 5.41) is 9.60. The van der Waals surface area contributed by atoms with Crippen molar-refractivity contribution in [1.29, 1.82) is 5.26 Å². The Labute approximate surface area is 190 Å². The molecule has 8 nitrogen and oxygen atoms in total. The Bertz CT molecular complexity index is 1180. The lowest BCUT2D eigenvalue weighted by Crippen LogP contribution is -2.31. The third kappa shape index (κ3) is 5.14. The van der Waals surface area contributed by atoms with Crippen LogP contribution in [0.1, 0.15) is 17.9 Å². The highest BCUT2D eigenvalue weighted by atomic mass is 35.5. The average Bonchev–Trinajstić information content (AvgIpc) is 3.23. The molecule has 0 bridgehead atoms. The van der Waals surface area contributed by atoms with Gasteiger partial charge in [-0.25, -0.2) is 8.42 Å². The van der Waals surface area contributed by atoms with Gasteiger partial charge in [-0.15, -0.1) is 0 Å². The molecule has 2 aromatic rings. The summed E-state index contributed by atoms with van der Waals surface area (Å²) in [6.07, 6.45) is 2.70. The number of hydrogen-bond donors (Lipinski definition) is 0. The first kappa shape index (κ1) is 23.0. The minimum absolute atomic E-state index is 0.0111. The highest BCUT2D eigenvalue weighted by Crippen LogP contribution is 2.29. The third-order valence-electron chi connectivity index (χ3n) is 4.58. The van der Waals surface area contributed by atoms with Crippen LogP contribution in [0.15, 0.2) is 46.5 Å². The van der Waals surface area contributed by atoms with Crippen molar-refractivity contribution in [3.8, 4) is 6.07 Å². The molecule has 1 aliphatic rings. The van der Waals surface area contributed by atoms with Gasteiger partial charge in [0.05, 0.1) is 24.6 Å². The fourth-order valence-corrected chi connectivity index (χ4v) is 4.17. The molecular weight excluding hydrogens is 460 g/mol.